The fourth-order valence-electron chi connectivity index (χ4n) is 2.88. The van der Waals surface area contributed by atoms with E-state index in [2.05, 4.69) is 13.8 Å². The van der Waals surface area contributed by atoms with Gasteiger partial charge in [0.15, 0.2) is 0 Å². The first kappa shape index (κ1) is 16.3. The van der Waals surface area contributed by atoms with E-state index in [0.717, 1.165) is 18.6 Å². The molecular formula is C16H25NO3S. The molecular weight excluding hydrogens is 286 g/mol. The van der Waals surface area contributed by atoms with Gasteiger partial charge < -0.3 is 4.74 Å². The third-order valence-electron chi connectivity index (χ3n) is 3.77. The molecule has 0 unspecified atom stereocenters. The molecule has 1 heterocycles. The van der Waals surface area contributed by atoms with Gasteiger partial charge in [-0.25, -0.2) is 8.42 Å². The fourth-order valence-corrected chi connectivity index (χ4v) is 4.56. The Labute approximate surface area is 128 Å². The molecule has 118 valence electrons. The molecule has 0 radical (unpaired) electrons. The molecule has 1 aliphatic heterocycles. The third kappa shape index (κ3) is 3.98. The van der Waals surface area contributed by atoms with Gasteiger partial charge in [-0.3, -0.25) is 0 Å². The molecule has 4 nitrogen and oxygen atoms in total. The first-order valence-corrected chi connectivity index (χ1v) is 9.10. The number of piperidine rings is 1. The van der Waals surface area contributed by atoms with Gasteiger partial charge in [0.1, 0.15) is 5.75 Å². The molecule has 0 spiro atoms. The van der Waals surface area contributed by atoms with Crippen molar-refractivity contribution in [3.8, 4) is 5.75 Å². The predicted octanol–water partition coefficient (Wildman–Crippen LogP) is 3.14. The lowest BCUT2D eigenvalue weighted by atomic mass is 9.94. The molecule has 1 aliphatic rings. The van der Waals surface area contributed by atoms with E-state index >= 15 is 0 Å². The van der Waals surface area contributed by atoms with Crippen LogP contribution in [0.3, 0.4) is 0 Å². The molecule has 1 fully saturated rings. The highest BCUT2D eigenvalue weighted by atomic mass is 32.2. The third-order valence-corrected chi connectivity index (χ3v) is 5.62. The van der Waals surface area contributed by atoms with Gasteiger partial charge >= 0.3 is 0 Å². The molecule has 0 aromatic heterocycles. The molecule has 2 atom stereocenters. The maximum atomic E-state index is 12.7. The highest BCUT2D eigenvalue weighted by Gasteiger charge is 2.31. The van der Waals surface area contributed by atoms with Crippen LogP contribution in [0.25, 0.3) is 0 Å². The van der Waals surface area contributed by atoms with Crippen molar-refractivity contribution in [2.45, 2.75) is 38.5 Å². The number of sulfonamides is 1. The maximum absolute atomic E-state index is 12.7. The lowest BCUT2D eigenvalue weighted by Gasteiger charge is -2.34. The number of ether oxygens (including phenoxy) is 1. The molecule has 1 aromatic carbocycles. The summed E-state index contributed by atoms with van der Waals surface area (Å²) < 4.78 is 32.5. The van der Waals surface area contributed by atoms with E-state index in [0.29, 0.717) is 36.4 Å². The molecule has 2 rings (SSSR count). The lowest BCUT2D eigenvalue weighted by Crippen LogP contribution is -2.42. The van der Waals surface area contributed by atoms with Crippen LogP contribution in [0.15, 0.2) is 29.2 Å². The fraction of sp³-hybridized carbons (Fsp3) is 0.625. The Balaban J connectivity index is 2.15. The quantitative estimate of drug-likeness (QED) is 0.839. The standard InChI is InChI=1S/C16H25NO3S/c1-4-9-20-15-5-7-16(8-6-15)21(18,19)17-11-13(2)10-14(3)12-17/h5-8,13-14H,4,9-12H2,1-3H3/t13-,14+. The first-order valence-electron chi connectivity index (χ1n) is 7.66. The van der Waals surface area contributed by atoms with E-state index in [1.54, 1.807) is 28.6 Å². The summed E-state index contributed by atoms with van der Waals surface area (Å²) in [6, 6.07) is 6.76. The van der Waals surface area contributed by atoms with Crippen LogP contribution >= 0.6 is 0 Å². The maximum Gasteiger partial charge on any atom is 0.243 e. The Morgan fingerprint density at radius 3 is 2.24 bits per heavy atom. The van der Waals surface area contributed by atoms with E-state index < -0.39 is 10.0 Å². The van der Waals surface area contributed by atoms with Gasteiger partial charge in [0, 0.05) is 13.1 Å². The Morgan fingerprint density at radius 1 is 1.14 bits per heavy atom. The number of benzene rings is 1. The summed E-state index contributed by atoms with van der Waals surface area (Å²) in [5, 5.41) is 0. The highest BCUT2D eigenvalue weighted by molar-refractivity contribution is 7.89. The van der Waals surface area contributed by atoms with Gasteiger partial charge in [-0.2, -0.15) is 4.31 Å². The summed E-state index contributed by atoms with van der Waals surface area (Å²) in [6.07, 6.45) is 2.03. The van der Waals surface area contributed by atoms with Crippen molar-refractivity contribution in [3.63, 3.8) is 0 Å². The minimum absolute atomic E-state index is 0.354. The van der Waals surface area contributed by atoms with Crippen LogP contribution in [-0.2, 0) is 10.0 Å². The minimum Gasteiger partial charge on any atom is -0.494 e. The molecule has 1 saturated heterocycles. The topological polar surface area (TPSA) is 46.6 Å². The van der Waals surface area contributed by atoms with Crippen molar-refractivity contribution in [1.82, 2.24) is 4.31 Å². The number of hydrogen-bond donors (Lipinski definition) is 0. The van der Waals surface area contributed by atoms with E-state index in [1.807, 2.05) is 6.92 Å². The van der Waals surface area contributed by atoms with Gasteiger partial charge in [0.05, 0.1) is 11.5 Å². The zero-order valence-electron chi connectivity index (χ0n) is 13.1. The normalized spacial score (nSPS) is 24.0. The summed E-state index contributed by atoms with van der Waals surface area (Å²) in [5.74, 6) is 1.54. The van der Waals surface area contributed by atoms with Crippen LogP contribution < -0.4 is 4.74 Å². The smallest absolute Gasteiger partial charge is 0.243 e. The molecule has 0 amide bonds. The van der Waals surface area contributed by atoms with Gasteiger partial charge in [0.2, 0.25) is 10.0 Å². The molecule has 0 N–H and O–H groups in total. The number of nitrogens with zero attached hydrogens (tertiary/aromatic N) is 1. The summed E-state index contributed by atoms with van der Waals surface area (Å²) in [6.45, 7) is 8.13. The number of rotatable bonds is 5. The minimum atomic E-state index is -3.39. The first-order chi connectivity index (χ1) is 9.93. The van der Waals surface area contributed by atoms with E-state index in [1.165, 1.54) is 0 Å². The Kier molecular flexibility index (Phi) is 5.27. The Morgan fingerprint density at radius 2 is 1.71 bits per heavy atom. The zero-order chi connectivity index (χ0) is 15.5. The van der Waals surface area contributed by atoms with Crippen LogP contribution in [0, 0.1) is 11.8 Å². The lowest BCUT2D eigenvalue weighted by molar-refractivity contribution is 0.222. The predicted molar refractivity (Wildman–Crippen MR) is 83.9 cm³/mol. The van der Waals surface area contributed by atoms with Crippen LogP contribution in [0.1, 0.15) is 33.6 Å². The van der Waals surface area contributed by atoms with Crippen molar-refractivity contribution < 1.29 is 13.2 Å². The summed E-state index contributed by atoms with van der Waals surface area (Å²) in [5.41, 5.74) is 0. The van der Waals surface area contributed by atoms with Gasteiger partial charge in [-0.1, -0.05) is 20.8 Å². The largest absolute Gasteiger partial charge is 0.494 e. The van der Waals surface area contributed by atoms with Gasteiger partial charge in [-0.15, -0.1) is 0 Å². The number of hydrogen-bond acceptors (Lipinski definition) is 3. The molecule has 1 aromatic rings. The Bertz CT molecular complexity index is 543. The summed E-state index contributed by atoms with van der Waals surface area (Å²) in [7, 11) is -3.39. The van der Waals surface area contributed by atoms with Crippen molar-refractivity contribution in [3.05, 3.63) is 24.3 Å². The van der Waals surface area contributed by atoms with Crippen LogP contribution in [-0.4, -0.2) is 32.4 Å². The van der Waals surface area contributed by atoms with E-state index in [4.69, 9.17) is 4.74 Å². The van der Waals surface area contributed by atoms with Crippen LogP contribution in [0.4, 0.5) is 0 Å². The average Bonchev–Trinajstić information content (AvgIpc) is 2.44. The van der Waals surface area contributed by atoms with Crippen LogP contribution in [0.5, 0.6) is 5.75 Å². The molecule has 5 heteroatoms. The summed E-state index contributed by atoms with van der Waals surface area (Å²) in [4.78, 5) is 0.354. The van der Waals surface area contributed by atoms with Crippen molar-refractivity contribution >= 4 is 10.0 Å². The zero-order valence-corrected chi connectivity index (χ0v) is 13.9. The average molecular weight is 311 g/mol. The van der Waals surface area contributed by atoms with E-state index in [-0.39, 0.29) is 0 Å². The second-order valence-corrected chi connectivity index (χ2v) is 8.03. The monoisotopic (exact) mass is 311 g/mol. The highest BCUT2D eigenvalue weighted by Crippen LogP contribution is 2.27. The molecule has 0 aliphatic carbocycles. The van der Waals surface area contributed by atoms with Gasteiger partial charge in [0.25, 0.3) is 0 Å². The molecule has 0 saturated carbocycles. The Hall–Kier alpha value is -1.07. The van der Waals surface area contributed by atoms with Crippen molar-refractivity contribution in [2.75, 3.05) is 19.7 Å². The SMILES string of the molecule is CCCOc1ccc(S(=O)(=O)N2C[C@H](C)C[C@H](C)C2)cc1. The summed E-state index contributed by atoms with van der Waals surface area (Å²) >= 11 is 0. The van der Waals surface area contributed by atoms with Crippen molar-refractivity contribution in [2.24, 2.45) is 11.8 Å². The molecule has 0 bridgehead atoms. The van der Waals surface area contributed by atoms with E-state index in [9.17, 15) is 8.42 Å². The van der Waals surface area contributed by atoms with Gasteiger partial charge in [-0.05, 0) is 48.9 Å². The van der Waals surface area contributed by atoms with Crippen molar-refractivity contribution in [1.29, 1.82) is 0 Å². The second kappa shape index (κ2) is 6.79. The molecule has 21 heavy (non-hydrogen) atoms. The second-order valence-electron chi connectivity index (χ2n) is 6.09. The van der Waals surface area contributed by atoms with Crippen LogP contribution in [0.2, 0.25) is 0 Å².